The van der Waals surface area contributed by atoms with Crippen LogP contribution < -0.4 is 10.2 Å². The van der Waals surface area contributed by atoms with Gasteiger partial charge in [-0.1, -0.05) is 18.2 Å². The Morgan fingerprint density at radius 1 is 1.41 bits per heavy atom. The van der Waals surface area contributed by atoms with Crippen LogP contribution in [0.15, 0.2) is 30.3 Å². The van der Waals surface area contributed by atoms with Crippen molar-refractivity contribution in [2.24, 2.45) is 0 Å². The molecule has 4 nitrogen and oxygen atoms in total. The van der Waals surface area contributed by atoms with Gasteiger partial charge >= 0.3 is 0 Å². The number of morpholine rings is 1. The number of likely N-dealkylation sites (N-methyl/N-ethyl adjacent to an activating group) is 1. The van der Waals surface area contributed by atoms with Crippen LogP contribution in [0, 0.1) is 0 Å². The van der Waals surface area contributed by atoms with Crippen molar-refractivity contribution in [1.82, 2.24) is 5.32 Å². The van der Waals surface area contributed by atoms with Gasteiger partial charge in [0, 0.05) is 19.3 Å². The first kappa shape index (κ1) is 14.0. The number of rotatable bonds is 2. The second-order valence-electron chi connectivity index (χ2n) is 3.81. The van der Waals surface area contributed by atoms with Gasteiger partial charge in [0.25, 0.3) is 0 Å². The highest BCUT2D eigenvalue weighted by atomic mass is 35.5. The van der Waals surface area contributed by atoms with Crippen LogP contribution in [0.3, 0.4) is 0 Å². The SMILES string of the molecule is CN(C(=O)C1COCCN1)c1ccccc1.Cl. The molecule has 5 heteroatoms. The summed E-state index contributed by atoms with van der Waals surface area (Å²) >= 11 is 0. The molecule has 1 fully saturated rings. The Hall–Kier alpha value is -1.10. The highest BCUT2D eigenvalue weighted by Crippen LogP contribution is 2.12. The van der Waals surface area contributed by atoms with Crippen molar-refractivity contribution in [2.45, 2.75) is 6.04 Å². The molecule has 94 valence electrons. The molecule has 1 amide bonds. The van der Waals surface area contributed by atoms with E-state index < -0.39 is 0 Å². The molecule has 2 rings (SSSR count). The second kappa shape index (κ2) is 6.59. The van der Waals surface area contributed by atoms with Crippen LogP contribution in [0.5, 0.6) is 0 Å². The maximum absolute atomic E-state index is 12.1. The third-order valence-electron chi connectivity index (χ3n) is 2.69. The summed E-state index contributed by atoms with van der Waals surface area (Å²) in [6.07, 6.45) is 0. The van der Waals surface area contributed by atoms with Crippen LogP contribution in [0.25, 0.3) is 0 Å². The number of hydrogen-bond donors (Lipinski definition) is 1. The van der Waals surface area contributed by atoms with Crippen LogP contribution in [0.4, 0.5) is 5.69 Å². The molecule has 0 spiro atoms. The standard InChI is InChI=1S/C12H16N2O2.ClH/c1-14(10-5-3-2-4-6-10)12(15)11-9-16-8-7-13-11;/h2-6,11,13H,7-9H2,1H3;1H. The fourth-order valence-corrected chi connectivity index (χ4v) is 1.74. The molecule has 0 aromatic heterocycles. The van der Waals surface area contributed by atoms with E-state index in [1.807, 2.05) is 30.3 Å². The van der Waals surface area contributed by atoms with E-state index in [2.05, 4.69) is 5.32 Å². The molecular weight excluding hydrogens is 240 g/mol. The smallest absolute Gasteiger partial charge is 0.246 e. The summed E-state index contributed by atoms with van der Waals surface area (Å²) in [4.78, 5) is 13.7. The summed E-state index contributed by atoms with van der Waals surface area (Å²) in [6.45, 7) is 1.87. The van der Waals surface area contributed by atoms with Crippen LogP contribution in [-0.4, -0.2) is 38.8 Å². The molecule has 1 N–H and O–H groups in total. The molecular formula is C12H17ClN2O2. The molecule has 1 unspecified atom stereocenters. The Kier molecular flexibility index (Phi) is 5.41. The monoisotopic (exact) mass is 256 g/mol. The summed E-state index contributed by atoms with van der Waals surface area (Å²) in [5.74, 6) is 0.0471. The number of para-hydroxylation sites is 1. The lowest BCUT2D eigenvalue weighted by molar-refractivity contribution is -0.123. The maximum atomic E-state index is 12.1. The summed E-state index contributed by atoms with van der Waals surface area (Å²) in [5.41, 5.74) is 0.903. The van der Waals surface area contributed by atoms with E-state index in [0.717, 1.165) is 12.2 Å². The number of ether oxygens (including phenoxy) is 1. The molecule has 1 atom stereocenters. The van der Waals surface area contributed by atoms with Gasteiger partial charge in [0.1, 0.15) is 6.04 Å². The second-order valence-corrected chi connectivity index (χ2v) is 3.81. The number of nitrogens with one attached hydrogen (secondary N) is 1. The van der Waals surface area contributed by atoms with Crippen molar-refractivity contribution in [2.75, 3.05) is 31.7 Å². The Morgan fingerprint density at radius 2 is 2.12 bits per heavy atom. The molecule has 1 aromatic carbocycles. The van der Waals surface area contributed by atoms with Gasteiger partial charge < -0.3 is 15.0 Å². The zero-order chi connectivity index (χ0) is 11.4. The highest BCUT2D eigenvalue weighted by molar-refractivity contribution is 5.96. The lowest BCUT2D eigenvalue weighted by Crippen LogP contribution is -2.51. The summed E-state index contributed by atoms with van der Waals surface area (Å²) in [7, 11) is 1.79. The zero-order valence-electron chi connectivity index (χ0n) is 9.76. The molecule has 0 radical (unpaired) electrons. The molecule has 0 bridgehead atoms. The van der Waals surface area contributed by atoms with E-state index in [4.69, 9.17) is 4.74 Å². The van der Waals surface area contributed by atoms with Gasteiger partial charge in [0.05, 0.1) is 13.2 Å². The van der Waals surface area contributed by atoms with E-state index in [-0.39, 0.29) is 24.4 Å². The number of carbonyl (C=O) groups excluding carboxylic acids is 1. The van der Waals surface area contributed by atoms with Gasteiger partial charge in [-0.15, -0.1) is 12.4 Å². The molecule has 0 aliphatic carbocycles. The summed E-state index contributed by atoms with van der Waals surface area (Å²) in [5, 5.41) is 3.15. The Labute approximate surface area is 107 Å². The van der Waals surface area contributed by atoms with E-state index in [9.17, 15) is 4.79 Å². The van der Waals surface area contributed by atoms with Crippen LogP contribution >= 0.6 is 12.4 Å². The van der Waals surface area contributed by atoms with Gasteiger partial charge in [-0.25, -0.2) is 0 Å². The van der Waals surface area contributed by atoms with Gasteiger partial charge in [0.2, 0.25) is 5.91 Å². The minimum Gasteiger partial charge on any atom is -0.378 e. The largest absolute Gasteiger partial charge is 0.378 e. The normalized spacial score (nSPS) is 19.2. The van der Waals surface area contributed by atoms with E-state index >= 15 is 0 Å². The third kappa shape index (κ3) is 3.43. The third-order valence-corrected chi connectivity index (χ3v) is 2.69. The predicted molar refractivity (Wildman–Crippen MR) is 69.7 cm³/mol. The van der Waals surface area contributed by atoms with Crippen molar-refractivity contribution >= 4 is 24.0 Å². The predicted octanol–water partition coefficient (Wildman–Crippen LogP) is 1.06. The molecule has 1 aliphatic heterocycles. The molecule has 1 aromatic rings. The van der Waals surface area contributed by atoms with E-state index in [0.29, 0.717) is 13.2 Å². The quantitative estimate of drug-likeness (QED) is 0.860. The lowest BCUT2D eigenvalue weighted by atomic mass is 10.2. The minimum absolute atomic E-state index is 0. The Morgan fingerprint density at radius 3 is 2.71 bits per heavy atom. The topological polar surface area (TPSA) is 41.6 Å². The Balaban J connectivity index is 0.00000144. The van der Waals surface area contributed by atoms with Crippen molar-refractivity contribution in [3.8, 4) is 0 Å². The minimum atomic E-state index is -0.223. The number of anilines is 1. The lowest BCUT2D eigenvalue weighted by Gasteiger charge is -2.27. The average molecular weight is 257 g/mol. The molecule has 1 saturated heterocycles. The van der Waals surface area contributed by atoms with Crippen molar-refractivity contribution in [3.63, 3.8) is 0 Å². The van der Waals surface area contributed by atoms with Crippen LogP contribution in [0.2, 0.25) is 0 Å². The first-order valence-corrected chi connectivity index (χ1v) is 5.43. The molecule has 1 aliphatic rings. The number of hydrogen-bond acceptors (Lipinski definition) is 3. The number of amides is 1. The maximum Gasteiger partial charge on any atom is 0.246 e. The summed E-state index contributed by atoms with van der Waals surface area (Å²) in [6, 6.07) is 9.39. The molecule has 0 saturated carbocycles. The molecule has 17 heavy (non-hydrogen) atoms. The van der Waals surface area contributed by atoms with Gasteiger partial charge in [-0.05, 0) is 12.1 Å². The van der Waals surface area contributed by atoms with Crippen LogP contribution in [-0.2, 0) is 9.53 Å². The number of nitrogens with zero attached hydrogens (tertiary/aromatic N) is 1. The Bertz CT molecular complexity index is 353. The van der Waals surface area contributed by atoms with Crippen molar-refractivity contribution in [3.05, 3.63) is 30.3 Å². The van der Waals surface area contributed by atoms with Crippen molar-refractivity contribution in [1.29, 1.82) is 0 Å². The fraction of sp³-hybridized carbons (Fsp3) is 0.417. The number of carbonyl (C=O) groups is 1. The average Bonchev–Trinajstić information content (AvgIpc) is 2.39. The van der Waals surface area contributed by atoms with Crippen LogP contribution in [0.1, 0.15) is 0 Å². The van der Waals surface area contributed by atoms with E-state index in [1.165, 1.54) is 0 Å². The fourth-order valence-electron chi connectivity index (χ4n) is 1.74. The highest BCUT2D eigenvalue weighted by Gasteiger charge is 2.24. The van der Waals surface area contributed by atoms with E-state index in [1.54, 1.807) is 11.9 Å². The first-order chi connectivity index (χ1) is 7.79. The molecule has 1 heterocycles. The van der Waals surface area contributed by atoms with Gasteiger partial charge in [-0.3, -0.25) is 4.79 Å². The van der Waals surface area contributed by atoms with Gasteiger partial charge in [0.15, 0.2) is 0 Å². The summed E-state index contributed by atoms with van der Waals surface area (Å²) < 4.78 is 5.28. The van der Waals surface area contributed by atoms with Gasteiger partial charge in [-0.2, -0.15) is 0 Å². The zero-order valence-corrected chi connectivity index (χ0v) is 10.6. The number of benzene rings is 1. The number of halogens is 1. The first-order valence-electron chi connectivity index (χ1n) is 5.43. The van der Waals surface area contributed by atoms with Crippen molar-refractivity contribution < 1.29 is 9.53 Å².